The molecule has 0 aromatic heterocycles. The molecule has 0 atom stereocenters. The van der Waals surface area contributed by atoms with Gasteiger partial charge in [-0.3, -0.25) is 70.3 Å². The number of ketones is 1. The van der Waals surface area contributed by atoms with E-state index < -0.39 is 52.7 Å². The van der Waals surface area contributed by atoms with E-state index in [4.69, 9.17) is 26.6 Å². The van der Waals surface area contributed by atoms with Gasteiger partial charge in [-0.1, -0.05) is 145 Å². The Morgan fingerprint density at radius 2 is 0.525 bits per heavy atom. The second-order valence-corrected chi connectivity index (χ2v) is 30.1. The van der Waals surface area contributed by atoms with Gasteiger partial charge in [0.05, 0.1) is 66.0 Å². The number of methoxy groups -OCH3 is 2. The highest BCUT2D eigenvalue weighted by Crippen LogP contribution is 2.37. The van der Waals surface area contributed by atoms with E-state index in [-0.39, 0.29) is 64.4 Å². The normalized spacial score (nSPS) is 9.88. The third kappa shape index (κ3) is 31.5. The van der Waals surface area contributed by atoms with Crippen LogP contribution in [0.3, 0.4) is 0 Å². The quantitative estimate of drug-likeness (QED) is 0.0108. The minimum absolute atomic E-state index is 0. The zero-order valence-corrected chi connectivity index (χ0v) is 68.6. The Bertz CT molecular complexity index is 5080. The molecule has 12 rings (SSSR count). The van der Waals surface area contributed by atoms with Crippen LogP contribution in [-0.4, -0.2) is 88.9 Å². The number of carboxylic acids is 2. The average Bonchev–Trinajstić information content (AvgIpc) is 0.859. The first-order chi connectivity index (χ1) is 55.9. The number of halogens is 2. The van der Waals surface area contributed by atoms with Crippen LogP contribution in [-0.2, 0) is 9.47 Å². The van der Waals surface area contributed by atoms with Gasteiger partial charge >= 0.3 is 23.9 Å². The van der Waals surface area contributed by atoms with Gasteiger partial charge in [0.15, 0.2) is 5.78 Å². The minimum Gasteiger partial charge on any atom is -0.478 e. The summed E-state index contributed by atoms with van der Waals surface area (Å²) in [5.74, 6) is -2.74. The summed E-state index contributed by atoms with van der Waals surface area (Å²) in [6.07, 6.45) is 0. The number of carboxylic acid groups (broad SMARTS) is 2. The molecule has 0 amide bonds. The van der Waals surface area contributed by atoms with E-state index in [0.29, 0.717) is 36.9 Å². The summed E-state index contributed by atoms with van der Waals surface area (Å²) >= 11 is 18.3. The fraction of sp³-hybridized carbons (Fsp3) is 0.0488. The molecule has 12 aromatic carbocycles. The van der Waals surface area contributed by atoms with Crippen molar-refractivity contribution in [3.63, 3.8) is 0 Å². The molecule has 0 unspecified atom stereocenters. The van der Waals surface area contributed by atoms with E-state index in [2.05, 4.69) is 40.0 Å². The number of benzene rings is 12. The van der Waals surface area contributed by atoms with Crippen molar-refractivity contribution < 1.29 is 78.0 Å². The van der Waals surface area contributed by atoms with Crippen molar-refractivity contribution in [1.82, 2.24) is 0 Å². The highest BCUT2D eigenvalue weighted by atomic mass is 127. The second-order valence-electron chi connectivity index (χ2n) is 22.4. The Balaban J connectivity index is 0.000000248. The molecule has 0 fully saturated rings. The SMILES string of the molecule is C.CC(=O)c1ccccc1Sc1ccc([N+](=O)[O-])cc1.COC(=O)c1ccccc1S.COC(=O)c1ccccc1Sc1ccc([N+](=O)[O-])cc1.O=C(Cl)c1ccccc1Sc1ccc([N+](=O)[O-])cc1.O=C(O)c1ccccc1Sc1ccc([N+](=O)[O-])cc1.O=C(O)c1ccccc1Sc1ccc([N+](=O)[O-])cc1.O=[N+]([O-])c1ccc(I)cc1. The first-order valence-corrected chi connectivity index (χ1v) is 39.0. The molecule has 0 aliphatic heterocycles. The average molecular weight is 1840 g/mol. The molecule has 0 aliphatic carbocycles. The summed E-state index contributed by atoms with van der Waals surface area (Å²) < 4.78 is 10.3. The molecule has 604 valence electrons. The number of nitro groups is 6. The number of ether oxygens (including phenoxy) is 2. The van der Waals surface area contributed by atoms with Crippen LogP contribution < -0.4 is 0 Å². The molecule has 0 aliphatic rings. The largest absolute Gasteiger partial charge is 0.478 e. The van der Waals surface area contributed by atoms with E-state index in [1.54, 1.807) is 176 Å². The first-order valence-electron chi connectivity index (χ1n) is 33.0. The number of carbonyl (C=O) groups excluding carboxylic acids is 4. The lowest BCUT2D eigenvalue weighted by Crippen LogP contribution is -2.02. The van der Waals surface area contributed by atoms with E-state index in [0.717, 1.165) is 42.7 Å². The number of nitro benzene ring substituents is 6. The van der Waals surface area contributed by atoms with E-state index in [1.807, 2.05) is 30.3 Å². The monoisotopic (exact) mass is 1840 g/mol. The molecule has 0 heterocycles. The van der Waals surface area contributed by atoms with Crippen LogP contribution in [0.1, 0.15) is 76.5 Å². The predicted molar refractivity (Wildman–Crippen MR) is 461 cm³/mol. The topological polar surface area (TPSA) is 420 Å². The van der Waals surface area contributed by atoms with E-state index in [1.165, 1.54) is 165 Å². The van der Waals surface area contributed by atoms with Crippen molar-refractivity contribution in [3.05, 3.63) is 389 Å². The van der Waals surface area contributed by atoms with E-state index >= 15 is 0 Å². The van der Waals surface area contributed by atoms with Crippen molar-refractivity contribution in [3.8, 4) is 0 Å². The summed E-state index contributed by atoms with van der Waals surface area (Å²) in [4.78, 5) is 136. The Morgan fingerprint density at radius 3 is 0.771 bits per heavy atom. The zero-order valence-electron chi connectivity index (χ0n) is 60.7. The van der Waals surface area contributed by atoms with Crippen LogP contribution in [0.5, 0.6) is 0 Å². The maximum Gasteiger partial charge on any atom is 0.339 e. The van der Waals surface area contributed by atoms with Gasteiger partial charge in [0, 0.05) is 141 Å². The molecule has 0 bridgehead atoms. The minimum atomic E-state index is -0.995. The molecule has 118 heavy (non-hydrogen) atoms. The van der Waals surface area contributed by atoms with Crippen molar-refractivity contribution in [2.75, 3.05) is 14.2 Å². The summed E-state index contributed by atoms with van der Waals surface area (Å²) in [6.45, 7) is 1.52. The number of nitrogens with zero attached hydrogens (tertiary/aromatic N) is 6. The molecule has 0 saturated heterocycles. The van der Waals surface area contributed by atoms with E-state index in [9.17, 15) is 89.5 Å². The van der Waals surface area contributed by atoms with Gasteiger partial charge in [-0.2, -0.15) is 0 Å². The van der Waals surface area contributed by atoms with Crippen LogP contribution >= 0.6 is 106 Å². The summed E-state index contributed by atoms with van der Waals surface area (Å²) in [5, 5.41) is 80.5. The molecule has 0 spiro atoms. The number of hydrogen-bond donors (Lipinski definition) is 3. The van der Waals surface area contributed by atoms with Crippen molar-refractivity contribution in [1.29, 1.82) is 0 Å². The standard InChI is InChI=1S/C14H11NO4S.C14H11NO3S.C13H8ClNO3S.2C13H9NO4S.C8H8O2S.C6H4INO2.CH4/c1-19-14(16)12-4-2-3-5-13(12)20-11-8-6-10(7-9-11)15(17)18;1-10(16)13-4-2-3-5-14(13)19-12-8-6-11(7-9-12)15(17)18;14-13(16)11-3-1-2-4-12(11)19-10-7-5-9(6-8-10)15(17)18;2*15-13(16)11-3-1-2-4-12(11)19-10-7-5-9(6-8-10)14(17)18;1-10-8(9)6-4-2-3-5-7(6)11;7-5-1-3-6(4-2-5)8(9)10;/h2-9H,1H3;2-9H,1H3;1-8H;2*1-8H,(H,15,16);2-5,11H,1H3;1-4H;1H4. The van der Waals surface area contributed by atoms with Crippen molar-refractivity contribution in [2.24, 2.45) is 0 Å². The number of hydrogen-bond acceptors (Lipinski definition) is 26. The fourth-order valence-electron chi connectivity index (χ4n) is 9.00. The Kier molecular flexibility index (Phi) is 40.1. The van der Waals surface area contributed by atoms with Gasteiger partial charge < -0.3 is 19.7 Å². The molecular weight excluding hydrogens is 1780 g/mol. The van der Waals surface area contributed by atoms with Gasteiger partial charge in [-0.25, -0.2) is 19.2 Å². The summed E-state index contributed by atoms with van der Waals surface area (Å²) in [6, 6.07) is 78.5. The van der Waals surface area contributed by atoms with Crippen LogP contribution in [0.2, 0.25) is 0 Å². The number of non-ortho nitro benzene ring substituents is 6. The molecule has 0 radical (unpaired) electrons. The van der Waals surface area contributed by atoms with Crippen molar-refractivity contribution >= 4 is 175 Å². The number of carbonyl (C=O) groups is 6. The lowest BCUT2D eigenvalue weighted by molar-refractivity contribution is -0.385. The first kappa shape index (κ1) is 96.0. The maximum atomic E-state index is 11.6. The number of rotatable bonds is 22. The number of thiol groups is 1. The van der Waals surface area contributed by atoms with Gasteiger partial charge in [0.25, 0.3) is 39.4 Å². The molecule has 36 heteroatoms. The van der Waals surface area contributed by atoms with Crippen molar-refractivity contribution in [2.45, 2.75) is 68.2 Å². The smallest absolute Gasteiger partial charge is 0.339 e. The van der Waals surface area contributed by atoms with Crippen LogP contribution in [0.15, 0.2) is 345 Å². The number of esters is 2. The van der Waals surface area contributed by atoms with Gasteiger partial charge in [-0.05, 0) is 181 Å². The third-order valence-electron chi connectivity index (χ3n) is 14.6. The van der Waals surface area contributed by atoms with Gasteiger partial charge in [-0.15, -0.1) is 12.6 Å². The maximum absolute atomic E-state index is 11.6. The summed E-state index contributed by atoms with van der Waals surface area (Å²) in [7, 11) is 2.68. The molecule has 28 nitrogen and oxygen atoms in total. The number of aromatic carboxylic acids is 2. The molecule has 12 aromatic rings. The zero-order chi connectivity index (χ0) is 85.7. The molecular formula is C82H64ClIN6O22S6. The lowest BCUT2D eigenvalue weighted by Gasteiger charge is -2.07. The second kappa shape index (κ2) is 49.3. The lowest BCUT2D eigenvalue weighted by atomic mass is 10.1. The fourth-order valence-corrected chi connectivity index (χ4v) is 14.6. The van der Waals surface area contributed by atoms with Crippen LogP contribution in [0.4, 0.5) is 34.1 Å². The summed E-state index contributed by atoms with van der Waals surface area (Å²) in [5.41, 5.74) is 2.77. The van der Waals surface area contributed by atoms with Crippen LogP contribution in [0, 0.1) is 64.3 Å². The Labute approximate surface area is 718 Å². The Morgan fingerprint density at radius 1 is 0.322 bits per heavy atom. The molecule has 0 saturated carbocycles. The predicted octanol–water partition coefficient (Wildman–Crippen LogP) is 23.1. The van der Waals surface area contributed by atoms with Crippen LogP contribution in [0.25, 0.3) is 0 Å². The number of Topliss-reactive ketones (excluding diaryl/α,β-unsaturated/α-hetero) is 1. The van der Waals surface area contributed by atoms with Gasteiger partial charge in [0.2, 0.25) is 0 Å². The Hall–Kier alpha value is -12.6. The highest BCUT2D eigenvalue weighted by molar-refractivity contribution is 14.1. The van der Waals surface area contributed by atoms with Gasteiger partial charge in [0.1, 0.15) is 0 Å². The third-order valence-corrected chi connectivity index (χ3v) is 21.3. The highest BCUT2D eigenvalue weighted by Gasteiger charge is 2.18. The molecule has 2 N–H and O–H groups in total.